The molecule has 0 unspecified atom stereocenters. The number of nitrogens with zero attached hydrogens (tertiary/aromatic N) is 1. The maximum Gasteiger partial charge on any atom is 0.244 e. The number of imide groups is 1. The highest BCUT2D eigenvalue weighted by Gasteiger charge is 2.67. The molecule has 1 aliphatic heterocycles. The summed E-state index contributed by atoms with van der Waals surface area (Å²) < 4.78 is 5.75. The van der Waals surface area contributed by atoms with Gasteiger partial charge in [-0.15, -0.1) is 0 Å². The van der Waals surface area contributed by atoms with Crippen LogP contribution < -0.4 is 10.1 Å². The lowest BCUT2D eigenvalue weighted by atomic mass is 9.63. The first-order valence-electron chi connectivity index (χ1n) is 10.9. The minimum Gasteiger partial charge on any atom is -0.456 e. The molecule has 5 aliphatic rings. The van der Waals surface area contributed by atoms with Crippen LogP contribution in [-0.4, -0.2) is 29.2 Å². The van der Waals surface area contributed by atoms with E-state index in [4.69, 9.17) is 16.3 Å². The molecule has 2 saturated carbocycles. The molecule has 1 N–H and O–H groups in total. The van der Waals surface area contributed by atoms with Crippen LogP contribution in [-0.2, 0) is 14.4 Å². The van der Waals surface area contributed by atoms with E-state index >= 15 is 0 Å². The SMILES string of the molecule is O=C(CN1C(=O)[C@@H]2[C@H]3C=C[C@H]([C@H]4C[C@H]34)[C@@H]2C1=O)Nc1ccc(Oc2ccccc2Cl)cc1. The van der Waals surface area contributed by atoms with Crippen LogP contribution in [0.5, 0.6) is 11.5 Å². The third-order valence-electron chi connectivity index (χ3n) is 7.26. The fourth-order valence-electron chi connectivity index (χ4n) is 5.78. The van der Waals surface area contributed by atoms with E-state index in [0.717, 1.165) is 11.3 Å². The maximum absolute atomic E-state index is 13.0. The molecule has 6 nitrogen and oxygen atoms in total. The summed E-state index contributed by atoms with van der Waals surface area (Å²) in [6.07, 6.45) is 5.37. The molecule has 3 fully saturated rings. The highest BCUT2D eigenvalue weighted by atomic mass is 35.5. The van der Waals surface area contributed by atoms with Crippen molar-refractivity contribution in [3.05, 3.63) is 65.7 Å². The summed E-state index contributed by atoms with van der Waals surface area (Å²) >= 11 is 6.11. The number of allylic oxidation sites excluding steroid dienone is 2. The van der Waals surface area contributed by atoms with E-state index in [2.05, 4.69) is 17.5 Å². The Bertz CT molecular complexity index is 1120. The predicted octanol–water partition coefficient (Wildman–Crippen LogP) is 4.12. The van der Waals surface area contributed by atoms with Crippen molar-refractivity contribution in [3.8, 4) is 11.5 Å². The van der Waals surface area contributed by atoms with Crippen LogP contribution in [0.25, 0.3) is 0 Å². The van der Waals surface area contributed by atoms with Gasteiger partial charge in [0.1, 0.15) is 18.0 Å². The molecule has 6 atom stereocenters. The molecule has 0 radical (unpaired) electrons. The van der Waals surface area contributed by atoms with Gasteiger partial charge in [0.05, 0.1) is 16.9 Å². The Morgan fingerprint density at radius 2 is 1.59 bits per heavy atom. The van der Waals surface area contributed by atoms with Crippen LogP contribution in [0, 0.1) is 35.5 Å². The van der Waals surface area contributed by atoms with E-state index in [1.54, 1.807) is 36.4 Å². The van der Waals surface area contributed by atoms with Crippen molar-refractivity contribution >= 4 is 35.0 Å². The molecular weight excluding hydrogens is 428 g/mol. The number of benzene rings is 2. The summed E-state index contributed by atoms with van der Waals surface area (Å²) in [6, 6.07) is 14.0. The molecule has 2 aromatic carbocycles. The highest BCUT2D eigenvalue weighted by Crippen LogP contribution is 2.65. The van der Waals surface area contributed by atoms with Gasteiger partial charge in [-0.2, -0.15) is 0 Å². The third-order valence-corrected chi connectivity index (χ3v) is 7.57. The number of anilines is 1. The fraction of sp³-hybridized carbons (Fsp3) is 0.320. The smallest absolute Gasteiger partial charge is 0.244 e. The van der Waals surface area contributed by atoms with Crippen molar-refractivity contribution in [1.29, 1.82) is 0 Å². The number of hydrogen-bond acceptors (Lipinski definition) is 4. The summed E-state index contributed by atoms with van der Waals surface area (Å²) in [7, 11) is 0. The van der Waals surface area contributed by atoms with E-state index in [1.807, 2.05) is 12.1 Å². The third kappa shape index (κ3) is 3.05. The molecule has 2 bridgehead atoms. The quantitative estimate of drug-likeness (QED) is 0.551. The van der Waals surface area contributed by atoms with Gasteiger partial charge < -0.3 is 10.1 Å². The van der Waals surface area contributed by atoms with Crippen LogP contribution in [0.1, 0.15) is 6.42 Å². The van der Waals surface area contributed by atoms with Crippen molar-refractivity contribution in [1.82, 2.24) is 4.90 Å². The first-order valence-corrected chi connectivity index (χ1v) is 11.2. The van der Waals surface area contributed by atoms with Crippen molar-refractivity contribution < 1.29 is 19.1 Å². The molecule has 7 heteroatoms. The topological polar surface area (TPSA) is 75.7 Å². The van der Waals surface area contributed by atoms with Gasteiger partial charge in [0.15, 0.2) is 0 Å². The number of likely N-dealkylation sites (tertiary alicyclic amines) is 1. The molecule has 2 aromatic rings. The summed E-state index contributed by atoms with van der Waals surface area (Å²) in [5.41, 5.74) is 0.556. The molecule has 1 saturated heterocycles. The van der Waals surface area contributed by atoms with E-state index in [0.29, 0.717) is 34.0 Å². The summed E-state index contributed by atoms with van der Waals surface area (Å²) in [5, 5.41) is 3.27. The first kappa shape index (κ1) is 19.6. The zero-order valence-electron chi connectivity index (χ0n) is 17.1. The molecule has 32 heavy (non-hydrogen) atoms. The number of rotatable bonds is 5. The monoisotopic (exact) mass is 448 g/mol. The van der Waals surface area contributed by atoms with Crippen LogP contribution in [0.15, 0.2) is 60.7 Å². The number of para-hydroxylation sites is 1. The lowest BCUT2D eigenvalue weighted by molar-refractivity contribution is -0.142. The van der Waals surface area contributed by atoms with Crippen LogP contribution in [0.2, 0.25) is 5.02 Å². The second-order valence-electron chi connectivity index (χ2n) is 9.02. The summed E-state index contributed by atoms with van der Waals surface area (Å²) in [6.45, 7) is -0.253. The number of amides is 3. The van der Waals surface area contributed by atoms with Gasteiger partial charge in [0.2, 0.25) is 17.7 Å². The Morgan fingerprint density at radius 3 is 2.22 bits per heavy atom. The summed E-state index contributed by atoms with van der Waals surface area (Å²) in [4.78, 5) is 39.8. The van der Waals surface area contributed by atoms with Crippen molar-refractivity contribution in [2.75, 3.05) is 11.9 Å². The average Bonchev–Trinajstić information content (AvgIpc) is 3.58. The van der Waals surface area contributed by atoms with Crippen molar-refractivity contribution in [2.45, 2.75) is 6.42 Å². The maximum atomic E-state index is 13.0. The molecule has 1 heterocycles. The average molecular weight is 449 g/mol. The Kier molecular flexibility index (Phi) is 4.40. The van der Waals surface area contributed by atoms with E-state index in [9.17, 15) is 14.4 Å². The van der Waals surface area contributed by atoms with Gasteiger partial charge in [-0.05, 0) is 66.5 Å². The lowest BCUT2D eigenvalue weighted by Gasteiger charge is -2.37. The molecule has 162 valence electrons. The Hall–Kier alpha value is -3.12. The molecular formula is C25H21ClN2O4. The number of ether oxygens (including phenoxy) is 1. The zero-order valence-corrected chi connectivity index (χ0v) is 17.9. The number of carbonyl (C=O) groups is 3. The lowest BCUT2D eigenvalue weighted by Crippen LogP contribution is -2.40. The number of nitrogens with one attached hydrogen (secondary N) is 1. The predicted molar refractivity (Wildman–Crippen MR) is 118 cm³/mol. The molecule has 0 spiro atoms. The van der Waals surface area contributed by atoms with Gasteiger partial charge in [-0.25, -0.2) is 0 Å². The second-order valence-corrected chi connectivity index (χ2v) is 9.43. The molecule has 4 aliphatic carbocycles. The molecule has 7 rings (SSSR count). The van der Waals surface area contributed by atoms with Gasteiger partial charge in [0, 0.05) is 5.69 Å². The number of hydrogen-bond donors (Lipinski definition) is 1. The first-order chi connectivity index (χ1) is 15.5. The van der Waals surface area contributed by atoms with E-state index in [1.165, 1.54) is 0 Å². The Morgan fingerprint density at radius 1 is 0.969 bits per heavy atom. The second kappa shape index (κ2) is 7.20. The number of halogens is 1. The minimum absolute atomic E-state index is 0.158. The zero-order chi connectivity index (χ0) is 22.0. The largest absolute Gasteiger partial charge is 0.456 e. The van der Waals surface area contributed by atoms with Gasteiger partial charge >= 0.3 is 0 Å². The number of carbonyl (C=O) groups excluding carboxylic acids is 3. The van der Waals surface area contributed by atoms with E-state index < -0.39 is 5.91 Å². The van der Waals surface area contributed by atoms with Gasteiger partial charge in [-0.3, -0.25) is 19.3 Å². The minimum atomic E-state index is -0.393. The normalized spacial score (nSPS) is 31.3. The van der Waals surface area contributed by atoms with Gasteiger partial charge in [0.25, 0.3) is 0 Å². The van der Waals surface area contributed by atoms with Gasteiger partial charge in [-0.1, -0.05) is 35.9 Å². The fourth-order valence-corrected chi connectivity index (χ4v) is 5.95. The van der Waals surface area contributed by atoms with Crippen molar-refractivity contribution in [2.24, 2.45) is 35.5 Å². The summed E-state index contributed by atoms with van der Waals surface area (Å²) in [5.74, 6) is 1.18. The standard InChI is InChI=1S/C25H21ClN2O4/c26-19-3-1-2-4-20(19)32-14-7-5-13(6-8-14)27-21(29)12-28-24(30)22-15-9-10-16(18-11-17(15)18)23(22)25(28)31/h1-10,15-18,22-23H,11-12H2,(H,27,29)/t15-,16+,17-,18-,22+,23-/m1/s1. The highest BCUT2D eigenvalue weighted by molar-refractivity contribution is 6.32. The van der Waals surface area contributed by atoms with Crippen molar-refractivity contribution in [3.63, 3.8) is 0 Å². The molecule has 3 amide bonds. The van der Waals surface area contributed by atoms with Crippen LogP contribution >= 0.6 is 11.6 Å². The molecule has 0 aromatic heterocycles. The Balaban J connectivity index is 1.10. The van der Waals surface area contributed by atoms with Crippen LogP contribution in [0.3, 0.4) is 0 Å². The van der Waals surface area contributed by atoms with Crippen LogP contribution in [0.4, 0.5) is 5.69 Å². The van der Waals surface area contributed by atoms with E-state index in [-0.39, 0.29) is 42.0 Å². The Labute approximate surface area is 190 Å².